The third-order valence-corrected chi connectivity index (χ3v) is 4.35. The fraction of sp³-hybridized carbons (Fsp3) is 0.118. The number of nitrogens with zero attached hydrogens (tertiary/aromatic N) is 2. The molecule has 1 heterocycles. The number of benzene rings is 2. The molecule has 0 aliphatic heterocycles. The van der Waals surface area contributed by atoms with Crippen molar-refractivity contribution in [2.75, 3.05) is 17.7 Å². The second-order valence-corrected chi connectivity index (χ2v) is 6.50. The zero-order valence-electron chi connectivity index (χ0n) is 13.7. The number of hydrogen-bond donors (Lipinski definition) is 2. The number of methoxy groups -OCH3 is 1. The quantitative estimate of drug-likeness (QED) is 0.650. The standard InChI is InChI=1S/C17H15ClN4O3S/c1-24-12-8-6-11(7-9-12)19-16(23)20-17-22-21-15(26-17)10-25-14-5-3-2-4-13(14)18/h2-9H,10H2,1H3,(H2,19,20,22,23). The van der Waals surface area contributed by atoms with Crippen LogP contribution in [0.15, 0.2) is 48.5 Å². The highest BCUT2D eigenvalue weighted by molar-refractivity contribution is 7.15. The molecule has 7 nitrogen and oxygen atoms in total. The summed E-state index contributed by atoms with van der Waals surface area (Å²) in [6, 6.07) is 13.7. The molecule has 0 saturated heterocycles. The van der Waals surface area contributed by atoms with E-state index in [2.05, 4.69) is 20.8 Å². The summed E-state index contributed by atoms with van der Waals surface area (Å²) in [7, 11) is 1.58. The fourth-order valence-electron chi connectivity index (χ4n) is 2.00. The van der Waals surface area contributed by atoms with E-state index in [0.29, 0.717) is 32.3 Å². The minimum Gasteiger partial charge on any atom is -0.497 e. The van der Waals surface area contributed by atoms with E-state index in [1.165, 1.54) is 11.3 Å². The molecule has 0 bridgehead atoms. The molecule has 3 aromatic rings. The van der Waals surface area contributed by atoms with E-state index in [1.807, 2.05) is 12.1 Å². The summed E-state index contributed by atoms with van der Waals surface area (Å²) in [5.74, 6) is 1.28. The molecule has 0 aliphatic carbocycles. The second kappa shape index (κ2) is 8.50. The molecule has 0 aliphatic rings. The number of rotatable bonds is 6. The van der Waals surface area contributed by atoms with E-state index >= 15 is 0 Å². The van der Waals surface area contributed by atoms with Gasteiger partial charge in [0.1, 0.15) is 18.1 Å². The first-order valence-electron chi connectivity index (χ1n) is 7.56. The van der Waals surface area contributed by atoms with Crippen LogP contribution in [0.4, 0.5) is 15.6 Å². The lowest BCUT2D eigenvalue weighted by molar-refractivity contribution is 0.262. The zero-order chi connectivity index (χ0) is 18.4. The molecule has 0 fully saturated rings. The van der Waals surface area contributed by atoms with Crippen LogP contribution in [-0.2, 0) is 6.61 Å². The van der Waals surface area contributed by atoms with Crippen LogP contribution in [0.25, 0.3) is 0 Å². The molecule has 0 atom stereocenters. The molecule has 26 heavy (non-hydrogen) atoms. The number of carbonyl (C=O) groups excluding carboxylic acids is 1. The summed E-state index contributed by atoms with van der Waals surface area (Å²) in [6.07, 6.45) is 0. The van der Waals surface area contributed by atoms with Gasteiger partial charge in [-0.25, -0.2) is 4.79 Å². The maximum absolute atomic E-state index is 12.0. The number of aromatic nitrogens is 2. The van der Waals surface area contributed by atoms with E-state index in [0.717, 1.165) is 0 Å². The van der Waals surface area contributed by atoms with Crippen LogP contribution in [0.1, 0.15) is 5.01 Å². The third kappa shape index (κ3) is 4.84. The van der Waals surface area contributed by atoms with Gasteiger partial charge in [-0.3, -0.25) is 5.32 Å². The Morgan fingerprint density at radius 2 is 1.88 bits per heavy atom. The van der Waals surface area contributed by atoms with Crippen molar-refractivity contribution in [1.29, 1.82) is 0 Å². The lowest BCUT2D eigenvalue weighted by Crippen LogP contribution is -2.19. The number of hydrogen-bond acceptors (Lipinski definition) is 6. The predicted molar refractivity (Wildman–Crippen MR) is 101 cm³/mol. The summed E-state index contributed by atoms with van der Waals surface area (Å²) in [4.78, 5) is 12.0. The van der Waals surface area contributed by atoms with Gasteiger partial charge in [0.05, 0.1) is 12.1 Å². The van der Waals surface area contributed by atoms with Crippen LogP contribution in [-0.4, -0.2) is 23.3 Å². The Morgan fingerprint density at radius 3 is 2.62 bits per heavy atom. The fourth-order valence-corrected chi connectivity index (χ4v) is 2.84. The molecule has 9 heteroatoms. The minimum atomic E-state index is -0.412. The third-order valence-electron chi connectivity index (χ3n) is 3.22. The Hall–Kier alpha value is -2.84. The minimum absolute atomic E-state index is 0.211. The van der Waals surface area contributed by atoms with Crippen molar-refractivity contribution in [3.8, 4) is 11.5 Å². The number of nitrogens with one attached hydrogen (secondary N) is 2. The molecular weight excluding hydrogens is 376 g/mol. The van der Waals surface area contributed by atoms with Gasteiger partial charge in [-0.15, -0.1) is 10.2 Å². The summed E-state index contributed by atoms with van der Waals surface area (Å²) < 4.78 is 10.7. The number of halogens is 1. The van der Waals surface area contributed by atoms with Crippen molar-refractivity contribution >= 4 is 39.8 Å². The first kappa shape index (κ1) is 18.0. The molecule has 2 N–H and O–H groups in total. The Labute approximate surface area is 158 Å². The van der Waals surface area contributed by atoms with Crippen molar-refractivity contribution in [2.24, 2.45) is 0 Å². The van der Waals surface area contributed by atoms with Crippen molar-refractivity contribution in [3.05, 3.63) is 58.6 Å². The zero-order valence-corrected chi connectivity index (χ0v) is 15.3. The summed E-state index contributed by atoms with van der Waals surface area (Å²) in [5.41, 5.74) is 0.634. The van der Waals surface area contributed by atoms with Gasteiger partial charge >= 0.3 is 6.03 Å². The molecule has 2 amide bonds. The molecule has 0 spiro atoms. The van der Waals surface area contributed by atoms with Crippen LogP contribution >= 0.6 is 22.9 Å². The Kier molecular flexibility index (Phi) is 5.88. The highest BCUT2D eigenvalue weighted by Crippen LogP contribution is 2.25. The average Bonchev–Trinajstić information content (AvgIpc) is 3.09. The smallest absolute Gasteiger partial charge is 0.325 e. The molecule has 1 aromatic heterocycles. The number of urea groups is 1. The van der Waals surface area contributed by atoms with Gasteiger partial charge in [-0.05, 0) is 36.4 Å². The number of anilines is 2. The lowest BCUT2D eigenvalue weighted by Gasteiger charge is -2.06. The Bertz CT molecular complexity index is 886. The van der Waals surface area contributed by atoms with Crippen molar-refractivity contribution in [1.82, 2.24) is 10.2 Å². The number of carbonyl (C=O) groups is 1. The Balaban J connectivity index is 1.52. The summed E-state index contributed by atoms with van der Waals surface area (Å²) in [5, 5.41) is 14.7. The van der Waals surface area contributed by atoms with Gasteiger partial charge < -0.3 is 14.8 Å². The number of para-hydroxylation sites is 1. The maximum atomic E-state index is 12.0. The molecule has 3 rings (SSSR count). The van der Waals surface area contributed by atoms with Gasteiger partial charge in [-0.1, -0.05) is 35.1 Å². The molecule has 0 radical (unpaired) electrons. The van der Waals surface area contributed by atoms with Crippen LogP contribution in [0.2, 0.25) is 5.02 Å². The Morgan fingerprint density at radius 1 is 1.12 bits per heavy atom. The SMILES string of the molecule is COc1ccc(NC(=O)Nc2nnc(COc3ccccc3Cl)s2)cc1. The molecule has 2 aromatic carbocycles. The van der Waals surface area contributed by atoms with E-state index in [4.69, 9.17) is 21.1 Å². The lowest BCUT2D eigenvalue weighted by atomic mass is 10.3. The van der Waals surface area contributed by atoms with Crippen molar-refractivity contribution < 1.29 is 14.3 Å². The topological polar surface area (TPSA) is 85.4 Å². The highest BCUT2D eigenvalue weighted by Gasteiger charge is 2.10. The largest absolute Gasteiger partial charge is 0.497 e. The van der Waals surface area contributed by atoms with Crippen molar-refractivity contribution in [2.45, 2.75) is 6.61 Å². The van der Waals surface area contributed by atoms with Crippen LogP contribution in [0.3, 0.4) is 0 Å². The van der Waals surface area contributed by atoms with E-state index < -0.39 is 6.03 Å². The summed E-state index contributed by atoms with van der Waals surface area (Å²) in [6.45, 7) is 0.211. The number of ether oxygens (including phenoxy) is 2. The van der Waals surface area contributed by atoms with Crippen LogP contribution in [0.5, 0.6) is 11.5 Å². The highest BCUT2D eigenvalue weighted by atomic mass is 35.5. The van der Waals surface area contributed by atoms with Gasteiger partial charge in [0, 0.05) is 5.69 Å². The maximum Gasteiger partial charge on any atom is 0.325 e. The van der Waals surface area contributed by atoms with Crippen LogP contribution < -0.4 is 20.1 Å². The van der Waals surface area contributed by atoms with Gasteiger partial charge in [0.25, 0.3) is 0 Å². The first-order chi connectivity index (χ1) is 12.6. The summed E-state index contributed by atoms with van der Waals surface area (Å²) >= 11 is 7.25. The van der Waals surface area contributed by atoms with Crippen molar-refractivity contribution in [3.63, 3.8) is 0 Å². The average molecular weight is 391 g/mol. The van der Waals surface area contributed by atoms with Gasteiger partial charge in [0.2, 0.25) is 5.13 Å². The number of amides is 2. The molecule has 0 unspecified atom stereocenters. The van der Waals surface area contributed by atoms with E-state index in [1.54, 1.807) is 43.5 Å². The van der Waals surface area contributed by atoms with Gasteiger partial charge in [0.15, 0.2) is 5.01 Å². The normalized spacial score (nSPS) is 10.2. The first-order valence-corrected chi connectivity index (χ1v) is 8.75. The molecule has 0 saturated carbocycles. The van der Waals surface area contributed by atoms with Gasteiger partial charge in [-0.2, -0.15) is 0 Å². The second-order valence-electron chi connectivity index (χ2n) is 5.03. The van der Waals surface area contributed by atoms with E-state index in [-0.39, 0.29) is 6.61 Å². The predicted octanol–water partition coefficient (Wildman–Crippen LogP) is 4.42. The molecular formula is C17H15ClN4O3S. The molecule has 134 valence electrons. The van der Waals surface area contributed by atoms with Crippen LogP contribution in [0, 0.1) is 0 Å². The monoisotopic (exact) mass is 390 g/mol. The van der Waals surface area contributed by atoms with E-state index in [9.17, 15) is 4.79 Å².